The molecule has 2 aliphatic rings. The molecule has 1 atom stereocenters. The molecule has 1 aromatic carbocycles. The number of nitrogens with one attached hydrogen (secondary N) is 1. The summed E-state index contributed by atoms with van der Waals surface area (Å²) in [6.07, 6.45) is 8.91. The standard InChI is InChI=1S/C22H27N7O2/c1-27-13-15-9-18(20(10-17(15)26-27)28-6-3-2-4-7-28)25-22(31)19-11-23-12-21(24-19)29-8-5-16(30)14-29/h9-13,16,30H,2-8,14H2,1H3,(H,25,31). The van der Waals surface area contributed by atoms with E-state index >= 15 is 0 Å². The van der Waals surface area contributed by atoms with Gasteiger partial charge in [0.15, 0.2) is 0 Å². The van der Waals surface area contributed by atoms with Gasteiger partial charge in [-0.15, -0.1) is 0 Å². The van der Waals surface area contributed by atoms with Gasteiger partial charge < -0.3 is 20.2 Å². The molecule has 31 heavy (non-hydrogen) atoms. The van der Waals surface area contributed by atoms with E-state index in [0.29, 0.717) is 25.3 Å². The van der Waals surface area contributed by atoms with Gasteiger partial charge >= 0.3 is 0 Å². The molecule has 2 aliphatic heterocycles. The van der Waals surface area contributed by atoms with Crippen LogP contribution in [0.2, 0.25) is 0 Å². The van der Waals surface area contributed by atoms with E-state index < -0.39 is 0 Å². The number of aryl methyl sites for hydroxylation is 1. The number of β-amino-alcohol motifs (C(OH)–C–C–N with tert-alkyl or cyclic N) is 1. The van der Waals surface area contributed by atoms with E-state index in [1.54, 1.807) is 10.9 Å². The monoisotopic (exact) mass is 421 g/mol. The molecule has 3 aromatic rings. The molecule has 0 spiro atoms. The van der Waals surface area contributed by atoms with E-state index in [-0.39, 0.29) is 17.7 Å². The average Bonchev–Trinajstić information content (AvgIpc) is 3.38. The first-order valence-corrected chi connectivity index (χ1v) is 10.9. The number of amides is 1. The number of piperidine rings is 1. The fourth-order valence-electron chi connectivity index (χ4n) is 4.43. The second-order valence-corrected chi connectivity index (χ2v) is 8.38. The lowest BCUT2D eigenvalue weighted by molar-refractivity contribution is 0.102. The molecule has 2 aromatic heterocycles. The summed E-state index contributed by atoms with van der Waals surface area (Å²) in [4.78, 5) is 26.1. The van der Waals surface area contributed by atoms with Crippen LogP contribution < -0.4 is 15.1 Å². The first-order valence-electron chi connectivity index (χ1n) is 10.9. The average molecular weight is 422 g/mol. The minimum atomic E-state index is -0.363. The van der Waals surface area contributed by atoms with Gasteiger partial charge in [-0.3, -0.25) is 14.5 Å². The lowest BCUT2D eigenvalue weighted by Crippen LogP contribution is -2.30. The van der Waals surface area contributed by atoms with Crippen LogP contribution in [0.25, 0.3) is 10.9 Å². The molecule has 5 rings (SSSR count). The van der Waals surface area contributed by atoms with Gasteiger partial charge in [0.25, 0.3) is 5.91 Å². The fourth-order valence-corrected chi connectivity index (χ4v) is 4.43. The molecule has 0 radical (unpaired) electrons. The van der Waals surface area contributed by atoms with Crippen molar-refractivity contribution in [2.75, 3.05) is 41.3 Å². The van der Waals surface area contributed by atoms with Crippen molar-refractivity contribution < 1.29 is 9.90 Å². The van der Waals surface area contributed by atoms with E-state index in [9.17, 15) is 9.90 Å². The Morgan fingerprint density at radius 1 is 1.13 bits per heavy atom. The van der Waals surface area contributed by atoms with Gasteiger partial charge in [-0.25, -0.2) is 4.98 Å². The predicted molar refractivity (Wildman–Crippen MR) is 120 cm³/mol. The summed E-state index contributed by atoms with van der Waals surface area (Å²) in [5.74, 6) is 0.318. The zero-order valence-corrected chi connectivity index (χ0v) is 17.7. The zero-order chi connectivity index (χ0) is 21.4. The third-order valence-electron chi connectivity index (χ3n) is 6.02. The Hall–Kier alpha value is -3.20. The highest BCUT2D eigenvalue weighted by Gasteiger charge is 2.23. The minimum Gasteiger partial charge on any atom is -0.391 e. The molecule has 4 heterocycles. The van der Waals surface area contributed by atoms with Crippen LogP contribution in [0, 0.1) is 0 Å². The normalized spacial score (nSPS) is 19.2. The van der Waals surface area contributed by atoms with E-state index in [1.165, 1.54) is 12.6 Å². The topological polar surface area (TPSA) is 99.4 Å². The Morgan fingerprint density at radius 2 is 1.97 bits per heavy atom. The Morgan fingerprint density at radius 3 is 2.74 bits per heavy atom. The maximum Gasteiger partial charge on any atom is 0.276 e. The summed E-state index contributed by atoms with van der Waals surface area (Å²) in [6, 6.07) is 4.04. The SMILES string of the molecule is Cn1cc2cc(NC(=O)c3cncc(N4CCC(O)C4)n3)c(N3CCCCC3)cc2n1. The smallest absolute Gasteiger partial charge is 0.276 e. The molecule has 0 aliphatic carbocycles. The van der Waals surface area contributed by atoms with Crippen molar-refractivity contribution in [2.45, 2.75) is 31.8 Å². The van der Waals surface area contributed by atoms with Crippen molar-refractivity contribution in [1.29, 1.82) is 0 Å². The minimum absolute atomic E-state index is 0.259. The second kappa shape index (κ2) is 8.14. The molecule has 2 N–H and O–H groups in total. The molecule has 2 saturated heterocycles. The van der Waals surface area contributed by atoms with Crippen LogP contribution in [-0.4, -0.2) is 63.0 Å². The second-order valence-electron chi connectivity index (χ2n) is 8.38. The van der Waals surface area contributed by atoms with Crippen LogP contribution in [-0.2, 0) is 7.05 Å². The third-order valence-corrected chi connectivity index (χ3v) is 6.02. The summed E-state index contributed by atoms with van der Waals surface area (Å²) < 4.78 is 1.79. The largest absolute Gasteiger partial charge is 0.391 e. The summed E-state index contributed by atoms with van der Waals surface area (Å²) in [5, 5.41) is 18.4. The van der Waals surface area contributed by atoms with Crippen LogP contribution in [0.5, 0.6) is 0 Å². The highest BCUT2D eigenvalue weighted by atomic mass is 16.3. The van der Waals surface area contributed by atoms with Crippen molar-refractivity contribution in [3.63, 3.8) is 0 Å². The highest BCUT2D eigenvalue weighted by Crippen LogP contribution is 2.33. The number of benzene rings is 1. The van der Waals surface area contributed by atoms with Crippen LogP contribution >= 0.6 is 0 Å². The quantitative estimate of drug-likeness (QED) is 0.666. The molecule has 1 amide bonds. The maximum absolute atomic E-state index is 13.1. The van der Waals surface area contributed by atoms with Crippen molar-refractivity contribution >= 4 is 34.0 Å². The van der Waals surface area contributed by atoms with Crippen LogP contribution in [0.4, 0.5) is 17.2 Å². The highest BCUT2D eigenvalue weighted by molar-refractivity contribution is 6.06. The first kappa shape index (κ1) is 19.7. The Kier molecular flexibility index (Phi) is 5.19. The van der Waals surface area contributed by atoms with E-state index in [2.05, 4.69) is 31.3 Å². The Bertz CT molecular complexity index is 1110. The molecule has 9 nitrogen and oxygen atoms in total. The molecular weight excluding hydrogens is 394 g/mol. The number of fused-ring (bicyclic) bond motifs is 1. The summed E-state index contributed by atoms with van der Waals surface area (Å²) >= 11 is 0. The van der Waals surface area contributed by atoms with Gasteiger partial charge in [-0.1, -0.05) is 0 Å². The Labute approximate surface area is 180 Å². The van der Waals surface area contributed by atoms with Crippen LogP contribution in [0.3, 0.4) is 0 Å². The molecule has 2 fully saturated rings. The van der Waals surface area contributed by atoms with Gasteiger partial charge in [-0.2, -0.15) is 5.10 Å². The summed E-state index contributed by atoms with van der Waals surface area (Å²) in [5.41, 5.74) is 2.92. The van der Waals surface area contributed by atoms with Gasteiger partial charge in [-0.05, 0) is 37.8 Å². The van der Waals surface area contributed by atoms with Gasteiger partial charge in [0, 0.05) is 44.8 Å². The number of aromatic nitrogens is 4. The molecule has 162 valence electrons. The molecule has 9 heteroatoms. The maximum atomic E-state index is 13.1. The lowest BCUT2D eigenvalue weighted by atomic mass is 10.1. The van der Waals surface area contributed by atoms with Gasteiger partial charge in [0.05, 0.1) is 35.4 Å². The number of aliphatic hydroxyl groups excluding tert-OH is 1. The summed E-state index contributed by atoms with van der Waals surface area (Å²) in [7, 11) is 1.90. The fraction of sp³-hybridized carbons (Fsp3) is 0.455. The van der Waals surface area contributed by atoms with Crippen molar-refractivity contribution in [3.05, 3.63) is 36.4 Å². The van der Waals surface area contributed by atoms with Crippen molar-refractivity contribution in [2.24, 2.45) is 7.05 Å². The molecule has 0 saturated carbocycles. The number of carbonyl (C=O) groups excluding carboxylic acids is 1. The number of anilines is 3. The van der Waals surface area contributed by atoms with Crippen molar-refractivity contribution in [1.82, 2.24) is 19.7 Å². The number of aliphatic hydroxyl groups is 1. The lowest BCUT2D eigenvalue weighted by Gasteiger charge is -2.30. The molecule has 1 unspecified atom stereocenters. The Balaban J connectivity index is 1.44. The number of hydrogen-bond donors (Lipinski definition) is 2. The van der Waals surface area contributed by atoms with Crippen molar-refractivity contribution in [3.8, 4) is 0 Å². The first-order chi connectivity index (χ1) is 15.1. The van der Waals surface area contributed by atoms with Gasteiger partial charge in [0.1, 0.15) is 11.5 Å². The van der Waals surface area contributed by atoms with Crippen LogP contribution in [0.15, 0.2) is 30.7 Å². The van der Waals surface area contributed by atoms with Gasteiger partial charge in [0.2, 0.25) is 0 Å². The third kappa shape index (κ3) is 4.05. The van der Waals surface area contributed by atoms with Crippen LogP contribution in [0.1, 0.15) is 36.2 Å². The van der Waals surface area contributed by atoms with E-state index in [4.69, 9.17) is 0 Å². The number of rotatable bonds is 4. The number of carbonyl (C=O) groups is 1. The predicted octanol–water partition coefficient (Wildman–Crippen LogP) is 2.18. The zero-order valence-electron chi connectivity index (χ0n) is 17.7. The molecular formula is C22H27N7O2. The number of hydrogen-bond acceptors (Lipinski definition) is 7. The summed E-state index contributed by atoms with van der Waals surface area (Å²) in [6.45, 7) is 3.15. The van der Waals surface area contributed by atoms with E-state index in [1.807, 2.05) is 24.2 Å². The molecule has 0 bridgehead atoms. The number of nitrogens with zero attached hydrogens (tertiary/aromatic N) is 6. The van der Waals surface area contributed by atoms with E-state index in [0.717, 1.165) is 48.2 Å².